The van der Waals surface area contributed by atoms with Crippen LogP contribution in [0.4, 0.5) is 0 Å². The molecule has 0 bridgehead atoms. The summed E-state index contributed by atoms with van der Waals surface area (Å²) in [6.45, 7) is 0.992. The van der Waals surface area contributed by atoms with Gasteiger partial charge in [0.15, 0.2) is 0 Å². The second kappa shape index (κ2) is 13.4. The van der Waals surface area contributed by atoms with E-state index in [2.05, 4.69) is 16.4 Å². The lowest BCUT2D eigenvalue weighted by molar-refractivity contribution is -0.136. The highest BCUT2D eigenvalue weighted by Gasteiger charge is 2.14. The van der Waals surface area contributed by atoms with E-state index in [9.17, 15) is 4.79 Å². The molecule has 4 nitrogen and oxygen atoms in total. The third kappa shape index (κ3) is 9.45. The van der Waals surface area contributed by atoms with Crippen molar-refractivity contribution in [2.24, 2.45) is 0 Å². The number of hydrogen-bond donors (Lipinski definition) is 2. The van der Waals surface area contributed by atoms with Gasteiger partial charge in [0.2, 0.25) is 0 Å². The maximum absolute atomic E-state index is 10.2. The summed E-state index contributed by atoms with van der Waals surface area (Å²) >= 11 is 9.52. The summed E-state index contributed by atoms with van der Waals surface area (Å²) in [5.74, 6) is -0.742. The molecule has 0 saturated heterocycles. The van der Waals surface area contributed by atoms with Gasteiger partial charge in [-0.3, -0.25) is 9.78 Å². The fourth-order valence-corrected chi connectivity index (χ4v) is 5.09. The molecule has 0 radical (unpaired) electrons. The van der Waals surface area contributed by atoms with Gasteiger partial charge in [-0.05, 0) is 49.7 Å². The molecule has 0 aliphatic heterocycles. The minimum absolute atomic E-state index is 0.212. The highest BCUT2D eigenvalue weighted by molar-refractivity contribution is 8.01. The van der Waals surface area contributed by atoms with Crippen LogP contribution in [0.15, 0.2) is 70.5 Å². The van der Waals surface area contributed by atoms with Gasteiger partial charge in [0, 0.05) is 29.4 Å². The minimum Gasteiger partial charge on any atom is -0.481 e. The number of carbonyl (C=O) groups is 1. The Balaban J connectivity index is 0.000000234. The SMILES string of the molecule is CNCCC(Sc1cc(Cl)cs1)c1cccnc1.O=C(O)CCc1ccccc1. The molecule has 2 N–H and O–H groups in total. The van der Waals surface area contributed by atoms with E-state index >= 15 is 0 Å². The Kier molecular flexibility index (Phi) is 10.8. The Hall–Kier alpha value is -1.86. The predicted octanol–water partition coefficient (Wildman–Crippen LogP) is 5.94. The van der Waals surface area contributed by atoms with Crippen molar-refractivity contribution in [1.29, 1.82) is 0 Å². The van der Waals surface area contributed by atoms with Crippen LogP contribution in [0.1, 0.15) is 29.2 Å². The van der Waals surface area contributed by atoms with E-state index in [4.69, 9.17) is 16.7 Å². The number of carboxylic acids is 1. The summed E-state index contributed by atoms with van der Waals surface area (Å²) in [7, 11) is 1.98. The number of hydrogen-bond acceptors (Lipinski definition) is 5. The zero-order valence-electron chi connectivity index (χ0n) is 16.3. The third-order valence-corrected chi connectivity index (χ3v) is 6.77. The molecule has 1 atom stereocenters. The van der Waals surface area contributed by atoms with E-state index in [0.29, 0.717) is 11.7 Å². The Morgan fingerprint density at radius 1 is 1.28 bits per heavy atom. The second-order valence-electron chi connectivity index (χ2n) is 6.25. The molecule has 2 heterocycles. The molecule has 29 heavy (non-hydrogen) atoms. The Labute approximate surface area is 185 Å². The number of carboxylic acid groups (broad SMARTS) is 1. The largest absolute Gasteiger partial charge is 0.481 e. The number of rotatable bonds is 9. The highest BCUT2D eigenvalue weighted by Crippen LogP contribution is 2.40. The number of thioether (sulfide) groups is 1. The molecular weight excluding hydrogens is 424 g/mol. The molecule has 2 aromatic heterocycles. The number of aryl methyl sites for hydroxylation is 1. The first-order valence-corrected chi connectivity index (χ1v) is 11.4. The van der Waals surface area contributed by atoms with Gasteiger partial charge in [0.1, 0.15) is 0 Å². The molecule has 7 heteroatoms. The lowest BCUT2D eigenvalue weighted by atomic mass is 10.1. The smallest absolute Gasteiger partial charge is 0.303 e. The van der Waals surface area contributed by atoms with Gasteiger partial charge in [-0.25, -0.2) is 0 Å². The summed E-state index contributed by atoms with van der Waals surface area (Å²) in [5, 5.41) is 14.8. The number of pyridine rings is 1. The average molecular weight is 449 g/mol. The van der Waals surface area contributed by atoms with Crippen molar-refractivity contribution in [1.82, 2.24) is 10.3 Å². The van der Waals surface area contributed by atoms with Crippen LogP contribution >= 0.6 is 34.7 Å². The first-order valence-electron chi connectivity index (χ1n) is 9.29. The molecule has 0 aliphatic carbocycles. The normalized spacial score (nSPS) is 11.4. The molecule has 0 amide bonds. The van der Waals surface area contributed by atoms with E-state index in [1.807, 2.05) is 79.0 Å². The number of halogens is 1. The van der Waals surface area contributed by atoms with Gasteiger partial charge in [0.25, 0.3) is 0 Å². The molecule has 3 aromatic rings. The van der Waals surface area contributed by atoms with Crippen molar-refractivity contribution in [3.63, 3.8) is 0 Å². The van der Waals surface area contributed by atoms with Crippen molar-refractivity contribution in [3.8, 4) is 0 Å². The quantitative estimate of drug-likeness (QED) is 0.396. The maximum Gasteiger partial charge on any atom is 0.303 e. The Morgan fingerprint density at radius 3 is 2.66 bits per heavy atom. The van der Waals surface area contributed by atoms with Gasteiger partial charge >= 0.3 is 5.97 Å². The van der Waals surface area contributed by atoms with Crippen molar-refractivity contribution in [2.45, 2.75) is 28.7 Å². The van der Waals surface area contributed by atoms with Crippen LogP contribution in [0, 0.1) is 0 Å². The average Bonchev–Trinajstić information content (AvgIpc) is 3.16. The van der Waals surface area contributed by atoms with E-state index in [1.165, 1.54) is 9.77 Å². The van der Waals surface area contributed by atoms with Crippen molar-refractivity contribution in [2.75, 3.05) is 13.6 Å². The van der Waals surface area contributed by atoms with E-state index in [0.717, 1.165) is 23.6 Å². The Morgan fingerprint density at radius 2 is 2.07 bits per heavy atom. The second-order valence-corrected chi connectivity index (χ2v) is 9.10. The standard InChI is InChI=1S/C13H15ClN2S2.C9H10O2/c1-15-6-4-12(10-3-2-5-16-8-10)18-13-7-11(14)9-17-13;10-9(11)7-6-8-4-2-1-3-5-8/h2-3,5,7-9,12,15H,4,6H2,1H3;1-5H,6-7H2,(H,10,11). The molecule has 0 spiro atoms. The van der Waals surface area contributed by atoms with Gasteiger partial charge < -0.3 is 10.4 Å². The topological polar surface area (TPSA) is 62.2 Å². The van der Waals surface area contributed by atoms with Gasteiger partial charge in [-0.1, -0.05) is 48.0 Å². The molecule has 154 valence electrons. The lowest BCUT2D eigenvalue weighted by Crippen LogP contribution is -2.10. The van der Waals surface area contributed by atoms with Crippen LogP contribution in [0.25, 0.3) is 0 Å². The van der Waals surface area contributed by atoms with Crippen molar-refractivity contribution in [3.05, 3.63) is 82.5 Å². The monoisotopic (exact) mass is 448 g/mol. The number of nitrogens with zero attached hydrogens (tertiary/aromatic N) is 1. The molecule has 3 rings (SSSR count). The fourth-order valence-electron chi connectivity index (χ4n) is 2.53. The van der Waals surface area contributed by atoms with E-state index in [-0.39, 0.29) is 6.42 Å². The van der Waals surface area contributed by atoms with Crippen LogP contribution in [0.5, 0.6) is 0 Å². The first-order chi connectivity index (χ1) is 14.1. The molecule has 0 fully saturated rings. The number of thiophene rings is 1. The number of aliphatic carboxylic acids is 1. The zero-order valence-corrected chi connectivity index (χ0v) is 18.6. The summed E-state index contributed by atoms with van der Waals surface area (Å²) in [5.41, 5.74) is 2.34. The van der Waals surface area contributed by atoms with Crippen LogP contribution in [-0.2, 0) is 11.2 Å². The summed E-state index contributed by atoms with van der Waals surface area (Å²) in [4.78, 5) is 14.4. The molecule has 0 saturated carbocycles. The van der Waals surface area contributed by atoms with Crippen molar-refractivity contribution < 1.29 is 9.90 Å². The molecular formula is C22H25ClN2O2S2. The predicted molar refractivity (Wildman–Crippen MR) is 123 cm³/mol. The van der Waals surface area contributed by atoms with E-state index in [1.54, 1.807) is 11.3 Å². The van der Waals surface area contributed by atoms with Crippen LogP contribution in [0.2, 0.25) is 5.02 Å². The summed E-state index contributed by atoms with van der Waals surface area (Å²) in [6.07, 6.45) is 5.66. The fraction of sp³-hybridized carbons (Fsp3) is 0.273. The number of nitrogens with one attached hydrogen (secondary N) is 1. The lowest BCUT2D eigenvalue weighted by Gasteiger charge is -2.15. The maximum atomic E-state index is 10.2. The van der Waals surface area contributed by atoms with Gasteiger partial charge in [-0.2, -0.15) is 0 Å². The summed E-state index contributed by atoms with van der Waals surface area (Å²) < 4.78 is 1.25. The highest BCUT2D eigenvalue weighted by atomic mass is 35.5. The third-order valence-electron chi connectivity index (χ3n) is 3.98. The molecule has 1 unspecified atom stereocenters. The van der Waals surface area contributed by atoms with Crippen LogP contribution in [-0.4, -0.2) is 29.7 Å². The minimum atomic E-state index is -0.742. The van der Waals surface area contributed by atoms with Crippen LogP contribution in [0.3, 0.4) is 0 Å². The number of benzene rings is 1. The van der Waals surface area contributed by atoms with Gasteiger partial charge in [0.05, 0.1) is 9.23 Å². The van der Waals surface area contributed by atoms with Crippen LogP contribution < -0.4 is 5.32 Å². The Bertz CT molecular complexity index is 844. The van der Waals surface area contributed by atoms with Gasteiger partial charge in [-0.15, -0.1) is 23.1 Å². The van der Waals surface area contributed by atoms with Crippen molar-refractivity contribution >= 4 is 40.7 Å². The molecule has 1 aromatic carbocycles. The molecule has 0 aliphatic rings. The van der Waals surface area contributed by atoms with E-state index < -0.39 is 5.97 Å². The first kappa shape index (κ1) is 23.4. The number of aromatic nitrogens is 1. The zero-order chi connectivity index (χ0) is 20.9. The summed E-state index contributed by atoms with van der Waals surface area (Å²) in [6, 6.07) is 15.8.